The van der Waals surface area contributed by atoms with Gasteiger partial charge in [-0.25, -0.2) is 12.8 Å². The van der Waals surface area contributed by atoms with Crippen LogP contribution in [0.25, 0.3) is 0 Å². The molecule has 2 aromatic rings. The van der Waals surface area contributed by atoms with Crippen LogP contribution in [0.3, 0.4) is 0 Å². The van der Waals surface area contributed by atoms with Crippen LogP contribution in [0, 0.1) is 5.82 Å². The Bertz CT molecular complexity index is 968. The molecule has 8 heteroatoms. The second-order valence-electron chi connectivity index (χ2n) is 8.18. The van der Waals surface area contributed by atoms with Crippen molar-refractivity contribution in [2.75, 3.05) is 24.4 Å². The van der Waals surface area contributed by atoms with Crippen molar-refractivity contribution in [3.8, 4) is 0 Å². The molecule has 1 aliphatic rings. The van der Waals surface area contributed by atoms with E-state index in [9.17, 15) is 17.6 Å². The van der Waals surface area contributed by atoms with Gasteiger partial charge < -0.3 is 5.32 Å². The zero-order valence-electron chi connectivity index (χ0n) is 17.3. The minimum absolute atomic E-state index is 0.0364. The van der Waals surface area contributed by atoms with Crippen molar-refractivity contribution in [2.45, 2.75) is 43.5 Å². The second-order valence-corrected chi connectivity index (χ2v) is 9.86. The Balaban J connectivity index is 1.59. The minimum atomic E-state index is -3.83. The Morgan fingerprint density at radius 1 is 1.00 bits per heavy atom. The number of hydrogen-bond acceptors (Lipinski definition) is 4. The van der Waals surface area contributed by atoms with E-state index in [0.29, 0.717) is 17.8 Å². The molecule has 0 aromatic heterocycles. The van der Waals surface area contributed by atoms with Gasteiger partial charge in [-0.15, -0.1) is 0 Å². The zero-order valence-corrected chi connectivity index (χ0v) is 18.1. The molecule has 0 saturated carbocycles. The first-order valence-corrected chi connectivity index (χ1v) is 11.6. The fourth-order valence-electron chi connectivity index (χ4n) is 3.53. The van der Waals surface area contributed by atoms with E-state index < -0.39 is 15.8 Å². The molecule has 2 aromatic carbocycles. The largest absolute Gasteiger partial charge is 0.350 e. The Labute approximate surface area is 177 Å². The zero-order chi connectivity index (χ0) is 21.8. The highest BCUT2D eigenvalue weighted by Gasteiger charge is 2.28. The van der Waals surface area contributed by atoms with E-state index in [2.05, 4.69) is 28.8 Å². The molecular weight excluding hydrogens is 405 g/mol. The molecule has 0 atom stereocenters. The number of rotatable bonds is 7. The Kier molecular flexibility index (Phi) is 6.77. The summed E-state index contributed by atoms with van der Waals surface area (Å²) in [6.45, 7) is 6.89. The lowest BCUT2D eigenvalue weighted by atomic mass is 9.98. The maximum absolute atomic E-state index is 13.0. The van der Waals surface area contributed by atoms with Gasteiger partial charge in [-0.05, 0) is 88.3 Å². The molecule has 1 saturated heterocycles. The van der Waals surface area contributed by atoms with Gasteiger partial charge in [0.2, 0.25) is 0 Å². The maximum atomic E-state index is 13.0. The number of anilines is 1. The number of nitrogens with one attached hydrogen (secondary N) is 2. The molecular formula is C22H28FN3O3S. The standard InChI is InChI=1S/C22H28FN3O3S/c1-22(2,26-14-4-3-5-15-26)16-24-21(27)17-6-10-19(11-7-17)25-30(28,29)20-12-8-18(23)9-13-20/h6-13,25H,3-5,14-16H2,1-2H3,(H,24,27). The van der Waals surface area contributed by atoms with Crippen LogP contribution < -0.4 is 10.0 Å². The van der Waals surface area contributed by atoms with Crippen molar-refractivity contribution < 1.29 is 17.6 Å². The SMILES string of the molecule is CC(C)(CNC(=O)c1ccc(NS(=O)(=O)c2ccc(F)cc2)cc1)N1CCCCC1. The van der Waals surface area contributed by atoms with Crippen LogP contribution in [0.1, 0.15) is 43.5 Å². The third kappa shape index (κ3) is 5.58. The molecule has 1 fully saturated rings. The lowest BCUT2D eigenvalue weighted by molar-refractivity contribution is 0.0797. The number of benzene rings is 2. The highest BCUT2D eigenvalue weighted by Crippen LogP contribution is 2.20. The Morgan fingerprint density at radius 2 is 1.60 bits per heavy atom. The van der Waals surface area contributed by atoms with Crippen molar-refractivity contribution in [1.82, 2.24) is 10.2 Å². The van der Waals surface area contributed by atoms with Gasteiger partial charge in [0, 0.05) is 23.3 Å². The summed E-state index contributed by atoms with van der Waals surface area (Å²) in [6.07, 6.45) is 3.63. The Morgan fingerprint density at radius 3 is 2.20 bits per heavy atom. The summed E-state index contributed by atoms with van der Waals surface area (Å²) in [7, 11) is -3.83. The minimum Gasteiger partial charge on any atom is -0.350 e. The first-order valence-electron chi connectivity index (χ1n) is 10.1. The summed E-state index contributed by atoms with van der Waals surface area (Å²) >= 11 is 0. The summed E-state index contributed by atoms with van der Waals surface area (Å²) in [6, 6.07) is 10.8. The fraction of sp³-hybridized carbons (Fsp3) is 0.409. The van der Waals surface area contributed by atoms with Gasteiger partial charge in [0.1, 0.15) is 5.82 Å². The molecule has 0 radical (unpaired) electrons. The van der Waals surface area contributed by atoms with Crippen molar-refractivity contribution in [1.29, 1.82) is 0 Å². The topological polar surface area (TPSA) is 78.5 Å². The summed E-state index contributed by atoms with van der Waals surface area (Å²) in [5.74, 6) is -0.708. The predicted molar refractivity (Wildman–Crippen MR) is 115 cm³/mol. The first kappa shape index (κ1) is 22.2. The Hall–Kier alpha value is -2.45. The molecule has 2 N–H and O–H groups in total. The molecule has 1 heterocycles. The average molecular weight is 434 g/mol. The van der Waals surface area contributed by atoms with Gasteiger partial charge in [-0.3, -0.25) is 14.4 Å². The molecule has 162 valence electrons. The van der Waals surface area contributed by atoms with Gasteiger partial charge in [0.15, 0.2) is 0 Å². The van der Waals surface area contributed by atoms with E-state index in [1.807, 2.05) is 0 Å². The van der Waals surface area contributed by atoms with Gasteiger partial charge in [-0.1, -0.05) is 6.42 Å². The van der Waals surface area contributed by atoms with Crippen LogP contribution in [-0.2, 0) is 10.0 Å². The van der Waals surface area contributed by atoms with Crippen LogP contribution in [0.5, 0.6) is 0 Å². The number of piperidine rings is 1. The van der Waals surface area contributed by atoms with Crippen LogP contribution in [0.15, 0.2) is 53.4 Å². The molecule has 0 aliphatic carbocycles. The van der Waals surface area contributed by atoms with Gasteiger partial charge in [0.25, 0.3) is 15.9 Å². The quantitative estimate of drug-likeness (QED) is 0.699. The molecule has 1 aliphatic heterocycles. The van der Waals surface area contributed by atoms with Crippen LogP contribution >= 0.6 is 0 Å². The first-order chi connectivity index (χ1) is 14.2. The number of carbonyl (C=O) groups excluding carboxylic acids is 1. The number of carbonyl (C=O) groups is 1. The van der Waals surface area contributed by atoms with E-state index in [1.165, 1.54) is 43.5 Å². The van der Waals surface area contributed by atoms with Crippen LogP contribution in [0.4, 0.5) is 10.1 Å². The van der Waals surface area contributed by atoms with Crippen molar-refractivity contribution in [3.05, 3.63) is 59.9 Å². The van der Waals surface area contributed by atoms with Gasteiger partial charge in [0.05, 0.1) is 4.90 Å². The van der Waals surface area contributed by atoms with E-state index in [1.54, 1.807) is 12.1 Å². The summed E-state index contributed by atoms with van der Waals surface area (Å²) < 4.78 is 40.2. The number of hydrogen-bond donors (Lipinski definition) is 2. The van der Waals surface area contributed by atoms with E-state index in [-0.39, 0.29) is 16.3 Å². The molecule has 1 amide bonds. The molecule has 30 heavy (non-hydrogen) atoms. The molecule has 0 spiro atoms. The lowest BCUT2D eigenvalue weighted by Crippen LogP contribution is -2.53. The van der Waals surface area contributed by atoms with Crippen molar-refractivity contribution in [2.24, 2.45) is 0 Å². The number of nitrogens with zero attached hydrogens (tertiary/aromatic N) is 1. The maximum Gasteiger partial charge on any atom is 0.261 e. The number of amides is 1. The summed E-state index contributed by atoms with van der Waals surface area (Å²) in [5, 5.41) is 2.98. The summed E-state index contributed by atoms with van der Waals surface area (Å²) in [4.78, 5) is 14.9. The molecule has 0 bridgehead atoms. The van der Waals surface area contributed by atoms with E-state index >= 15 is 0 Å². The number of sulfonamides is 1. The van der Waals surface area contributed by atoms with Crippen molar-refractivity contribution in [3.63, 3.8) is 0 Å². The van der Waals surface area contributed by atoms with Crippen LogP contribution in [0.2, 0.25) is 0 Å². The average Bonchev–Trinajstić information content (AvgIpc) is 2.73. The number of halogens is 1. The molecule has 0 unspecified atom stereocenters. The molecule has 3 rings (SSSR count). The highest BCUT2D eigenvalue weighted by atomic mass is 32.2. The van der Waals surface area contributed by atoms with Crippen LogP contribution in [-0.4, -0.2) is 44.4 Å². The monoisotopic (exact) mass is 433 g/mol. The smallest absolute Gasteiger partial charge is 0.261 e. The second kappa shape index (κ2) is 9.14. The number of likely N-dealkylation sites (tertiary alicyclic amines) is 1. The highest BCUT2D eigenvalue weighted by molar-refractivity contribution is 7.92. The normalized spacial score (nSPS) is 15.6. The third-order valence-electron chi connectivity index (χ3n) is 5.42. The van der Waals surface area contributed by atoms with E-state index in [4.69, 9.17) is 0 Å². The van der Waals surface area contributed by atoms with Gasteiger partial charge >= 0.3 is 0 Å². The van der Waals surface area contributed by atoms with Crippen molar-refractivity contribution >= 4 is 21.6 Å². The summed E-state index contributed by atoms with van der Waals surface area (Å²) in [5.41, 5.74) is 0.652. The van der Waals surface area contributed by atoms with E-state index in [0.717, 1.165) is 25.2 Å². The molecule has 6 nitrogen and oxygen atoms in total. The third-order valence-corrected chi connectivity index (χ3v) is 6.81. The lowest BCUT2D eigenvalue weighted by Gasteiger charge is -2.41. The van der Waals surface area contributed by atoms with Gasteiger partial charge in [-0.2, -0.15) is 0 Å². The predicted octanol–water partition coefficient (Wildman–Crippen LogP) is 3.62. The fourth-order valence-corrected chi connectivity index (χ4v) is 4.59.